The van der Waals surface area contributed by atoms with Gasteiger partial charge in [-0.3, -0.25) is 9.20 Å². The lowest BCUT2D eigenvalue weighted by Gasteiger charge is -2.13. The van der Waals surface area contributed by atoms with Crippen LogP contribution in [-0.2, 0) is 6.42 Å². The molecule has 5 heterocycles. The molecular weight excluding hydrogens is 440 g/mol. The number of carbonyl (C=O) groups is 1. The molecule has 1 N–H and O–H groups in total. The average molecular weight is 463 g/mol. The molecule has 0 saturated carbocycles. The van der Waals surface area contributed by atoms with Crippen LogP contribution in [0.3, 0.4) is 0 Å². The topological polar surface area (TPSA) is 116 Å². The monoisotopic (exact) mass is 462 g/mol. The highest BCUT2D eigenvalue weighted by Crippen LogP contribution is 2.30. The summed E-state index contributed by atoms with van der Waals surface area (Å²) in [4.78, 5) is 24.4. The number of hydrogen-bond acceptors (Lipinski definition) is 8. The van der Waals surface area contributed by atoms with Gasteiger partial charge >= 0.3 is 0 Å². The second-order valence-electron chi connectivity index (χ2n) is 7.73. The standard InChI is InChI=1S/C22H22N8O2S/c1-5-16-9-24-28-30(16)17-8-15(21(31)25-13(3)22-26-14(4)27-32-22)11-29-18(10-23-20(17)29)19-7-6-12(2)33-19/h6-11,13H,5H2,1-4H3,(H,25,31)/t13-/m1/s1. The molecule has 168 valence electrons. The van der Waals surface area contributed by atoms with E-state index in [1.165, 1.54) is 4.88 Å². The third-order valence-electron chi connectivity index (χ3n) is 5.31. The van der Waals surface area contributed by atoms with Crippen LogP contribution < -0.4 is 5.32 Å². The minimum Gasteiger partial charge on any atom is -0.340 e. The molecule has 5 rings (SSSR count). The van der Waals surface area contributed by atoms with Crippen molar-refractivity contribution in [2.24, 2.45) is 0 Å². The van der Waals surface area contributed by atoms with Gasteiger partial charge in [0.25, 0.3) is 5.91 Å². The third kappa shape index (κ3) is 3.80. The highest BCUT2D eigenvalue weighted by molar-refractivity contribution is 7.15. The first-order chi connectivity index (χ1) is 15.9. The first kappa shape index (κ1) is 21.0. The molecule has 10 nitrogen and oxygen atoms in total. The van der Waals surface area contributed by atoms with E-state index in [1.807, 2.05) is 17.5 Å². The van der Waals surface area contributed by atoms with E-state index in [2.05, 4.69) is 49.8 Å². The molecule has 5 aromatic heterocycles. The zero-order valence-corrected chi connectivity index (χ0v) is 19.4. The van der Waals surface area contributed by atoms with Crippen molar-refractivity contribution < 1.29 is 9.32 Å². The van der Waals surface area contributed by atoms with Crippen molar-refractivity contribution in [3.63, 3.8) is 0 Å². The Morgan fingerprint density at radius 3 is 2.82 bits per heavy atom. The molecule has 1 amide bonds. The van der Waals surface area contributed by atoms with Crippen LogP contribution in [0, 0.1) is 13.8 Å². The number of rotatable bonds is 6. The fraction of sp³-hybridized carbons (Fsp3) is 0.273. The molecule has 1 atom stereocenters. The summed E-state index contributed by atoms with van der Waals surface area (Å²) in [6.07, 6.45) is 6.06. The van der Waals surface area contributed by atoms with Gasteiger partial charge in [0, 0.05) is 11.1 Å². The number of aromatic nitrogens is 7. The fourth-order valence-corrected chi connectivity index (χ4v) is 4.51. The van der Waals surface area contributed by atoms with Crippen LogP contribution in [-0.4, -0.2) is 40.4 Å². The number of thiophene rings is 1. The van der Waals surface area contributed by atoms with E-state index in [0.29, 0.717) is 28.6 Å². The molecule has 5 aromatic rings. The van der Waals surface area contributed by atoms with E-state index >= 15 is 0 Å². The van der Waals surface area contributed by atoms with Gasteiger partial charge in [-0.2, -0.15) is 4.98 Å². The van der Waals surface area contributed by atoms with Gasteiger partial charge < -0.3 is 9.84 Å². The fourth-order valence-electron chi connectivity index (χ4n) is 3.63. The lowest BCUT2D eigenvalue weighted by molar-refractivity contribution is 0.0932. The van der Waals surface area contributed by atoms with E-state index in [-0.39, 0.29) is 5.91 Å². The molecule has 0 spiro atoms. The zero-order chi connectivity index (χ0) is 23.1. The average Bonchev–Trinajstić information content (AvgIpc) is 3.59. The van der Waals surface area contributed by atoms with Gasteiger partial charge in [0.05, 0.1) is 34.2 Å². The number of imidazole rings is 1. The van der Waals surface area contributed by atoms with Crippen molar-refractivity contribution in [3.05, 3.63) is 64.6 Å². The van der Waals surface area contributed by atoms with Gasteiger partial charge in [-0.15, -0.1) is 16.4 Å². The maximum Gasteiger partial charge on any atom is 0.253 e. The Bertz CT molecular complexity index is 1460. The van der Waals surface area contributed by atoms with Gasteiger partial charge in [-0.25, -0.2) is 9.67 Å². The molecular formula is C22H22N8O2S. The minimum absolute atomic E-state index is 0.276. The molecule has 11 heteroatoms. The van der Waals surface area contributed by atoms with Crippen molar-refractivity contribution in [1.82, 2.24) is 39.8 Å². The number of amides is 1. The number of fused-ring (bicyclic) bond motifs is 1. The van der Waals surface area contributed by atoms with Gasteiger partial charge in [0.2, 0.25) is 5.89 Å². The molecule has 0 aliphatic rings. The zero-order valence-electron chi connectivity index (χ0n) is 18.6. The first-order valence-corrected chi connectivity index (χ1v) is 11.3. The van der Waals surface area contributed by atoms with Crippen LogP contribution in [0.5, 0.6) is 0 Å². The third-order valence-corrected chi connectivity index (χ3v) is 6.34. The maximum atomic E-state index is 13.3. The summed E-state index contributed by atoms with van der Waals surface area (Å²) in [6, 6.07) is 5.46. The molecule has 0 aliphatic heterocycles. The normalized spacial score (nSPS) is 12.4. The molecule has 0 aliphatic carbocycles. The van der Waals surface area contributed by atoms with E-state index in [0.717, 1.165) is 22.7 Å². The van der Waals surface area contributed by atoms with Crippen molar-refractivity contribution in [2.45, 2.75) is 40.2 Å². The highest BCUT2D eigenvalue weighted by Gasteiger charge is 2.21. The molecule has 0 saturated heterocycles. The Morgan fingerprint density at radius 2 is 2.12 bits per heavy atom. The molecule has 0 aromatic carbocycles. The second-order valence-corrected chi connectivity index (χ2v) is 9.01. The predicted molar refractivity (Wildman–Crippen MR) is 122 cm³/mol. The molecule has 0 fully saturated rings. The Balaban J connectivity index is 1.63. The van der Waals surface area contributed by atoms with Crippen LogP contribution in [0.1, 0.15) is 52.5 Å². The number of hydrogen-bond donors (Lipinski definition) is 1. The van der Waals surface area contributed by atoms with Crippen molar-refractivity contribution in [2.75, 3.05) is 0 Å². The van der Waals surface area contributed by atoms with Crippen molar-refractivity contribution >= 4 is 22.9 Å². The van der Waals surface area contributed by atoms with Gasteiger partial charge in [-0.05, 0) is 45.4 Å². The van der Waals surface area contributed by atoms with Crippen LogP contribution >= 0.6 is 11.3 Å². The summed E-state index contributed by atoms with van der Waals surface area (Å²) in [7, 11) is 0. The summed E-state index contributed by atoms with van der Waals surface area (Å²) >= 11 is 1.67. The predicted octanol–water partition coefficient (Wildman–Crippen LogP) is 3.70. The first-order valence-electron chi connectivity index (χ1n) is 10.5. The Kier molecular flexibility index (Phi) is 5.25. The van der Waals surface area contributed by atoms with Gasteiger partial charge in [0.1, 0.15) is 11.7 Å². The number of nitrogens with one attached hydrogen (secondary N) is 1. The van der Waals surface area contributed by atoms with E-state index < -0.39 is 6.04 Å². The summed E-state index contributed by atoms with van der Waals surface area (Å²) in [6.45, 7) is 7.62. The van der Waals surface area contributed by atoms with Crippen molar-refractivity contribution in [1.29, 1.82) is 0 Å². The number of aryl methyl sites for hydroxylation is 3. The van der Waals surface area contributed by atoms with Crippen LogP contribution in [0.25, 0.3) is 21.9 Å². The summed E-state index contributed by atoms with van der Waals surface area (Å²) in [5.41, 5.74) is 3.63. The number of nitrogens with zero attached hydrogens (tertiary/aromatic N) is 7. The Morgan fingerprint density at radius 1 is 1.27 bits per heavy atom. The SMILES string of the molecule is CCc1cnnn1-c1cc(C(=O)N[C@H](C)c2nc(C)no2)cn2c(-c3ccc(C)s3)cnc12. The molecule has 33 heavy (non-hydrogen) atoms. The largest absolute Gasteiger partial charge is 0.340 e. The molecule has 0 bridgehead atoms. The summed E-state index contributed by atoms with van der Waals surface area (Å²) < 4.78 is 8.86. The summed E-state index contributed by atoms with van der Waals surface area (Å²) in [5.74, 6) is 0.591. The molecule has 0 radical (unpaired) electrons. The Labute approximate surface area is 193 Å². The highest BCUT2D eigenvalue weighted by atomic mass is 32.1. The second kappa shape index (κ2) is 8.24. The smallest absolute Gasteiger partial charge is 0.253 e. The lowest BCUT2D eigenvalue weighted by Crippen LogP contribution is -2.27. The van der Waals surface area contributed by atoms with Gasteiger partial charge in [-0.1, -0.05) is 17.3 Å². The quantitative estimate of drug-likeness (QED) is 0.409. The molecule has 0 unspecified atom stereocenters. The van der Waals surface area contributed by atoms with E-state index in [4.69, 9.17) is 4.52 Å². The van der Waals surface area contributed by atoms with Crippen LogP contribution in [0.4, 0.5) is 0 Å². The van der Waals surface area contributed by atoms with Crippen LogP contribution in [0.2, 0.25) is 0 Å². The Hall–Kier alpha value is -3.86. The lowest BCUT2D eigenvalue weighted by atomic mass is 10.2. The maximum absolute atomic E-state index is 13.3. The van der Waals surface area contributed by atoms with E-state index in [9.17, 15) is 4.79 Å². The van der Waals surface area contributed by atoms with Crippen LogP contribution in [0.15, 0.2) is 41.3 Å². The van der Waals surface area contributed by atoms with Crippen molar-refractivity contribution in [3.8, 4) is 16.3 Å². The van der Waals surface area contributed by atoms with E-state index in [1.54, 1.807) is 48.3 Å². The minimum atomic E-state index is -0.447. The van der Waals surface area contributed by atoms with Gasteiger partial charge in [0.15, 0.2) is 11.5 Å². The number of pyridine rings is 1. The summed E-state index contributed by atoms with van der Waals surface area (Å²) in [5, 5.41) is 15.0. The number of carbonyl (C=O) groups excluding carboxylic acids is 1.